The van der Waals surface area contributed by atoms with Gasteiger partial charge in [0.25, 0.3) is 0 Å². The van der Waals surface area contributed by atoms with Crippen LogP contribution in [0, 0.1) is 5.41 Å². The summed E-state index contributed by atoms with van der Waals surface area (Å²) in [6.07, 6.45) is 2.63. The predicted octanol–water partition coefficient (Wildman–Crippen LogP) is 5.53. The molecule has 2 atom stereocenters. The van der Waals surface area contributed by atoms with Crippen molar-refractivity contribution in [3.8, 4) is 0 Å². The molecule has 1 fully saturated rings. The molecule has 0 bridgehead atoms. The normalized spacial score (nSPS) is 22.2. The SMILES string of the molecule is CS/C(=N/C=N)NC[C@]1(c2ccccc2Cl)O[C@@H]1c1ccc(Cl)cc1Cl. The number of aliphatic imine (C=N–C) groups is 1. The van der Waals surface area contributed by atoms with Crippen LogP contribution in [0.3, 0.4) is 0 Å². The Kier molecular flexibility index (Phi) is 6.15. The van der Waals surface area contributed by atoms with Crippen LogP contribution in [0.15, 0.2) is 47.5 Å². The Labute approximate surface area is 171 Å². The highest BCUT2D eigenvalue weighted by Crippen LogP contribution is 2.59. The molecule has 1 saturated heterocycles. The molecule has 4 nitrogen and oxygen atoms in total. The van der Waals surface area contributed by atoms with E-state index in [2.05, 4.69) is 10.3 Å². The number of amidine groups is 1. The second-order valence-corrected chi connectivity index (χ2v) is 7.70. The van der Waals surface area contributed by atoms with E-state index in [1.807, 2.05) is 36.6 Å². The quantitative estimate of drug-likeness (QED) is 0.374. The van der Waals surface area contributed by atoms with Crippen LogP contribution in [0.4, 0.5) is 0 Å². The molecule has 8 heteroatoms. The molecule has 0 radical (unpaired) electrons. The van der Waals surface area contributed by atoms with Gasteiger partial charge in [-0.2, -0.15) is 0 Å². The van der Waals surface area contributed by atoms with E-state index in [1.165, 1.54) is 11.8 Å². The van der Waals surface area contributed by atoms with Gasteiger partial charge in [-0.1, -0.05) is 70.8 Å². The number of thioether (sulfide) groups is 1. The lowest BCUT2D eigenvalue weighted by atomic mass is 9.91. The minimum absolute atomic E-state index is 0.261. The van der Waals surface area contributed by atoms with Crippen molar-refractivity contribution in [2.45, 2.75) is 11.7 Å². The molecule has 1 aliphatic rings. The third kappa shape index (κ3) is 3.87. The van der Waals surface area contributed by atoms with E-state index in [-0.39, 0.29) is 6.10 Å². The molecule has 0 spiro atoms. The van der Waals surface area contributed by atoms with Gasteiger partial charge in [0.1, 0.15) is 18.0 Å². The molecule has 0 amide bonds. The van der Waals surface area contributed by atoms with E-state index >= 15 is 0 Å². The molecule has 2 aromatic rings. The third-order valence-corrected chi connectivity index (χ3v) is 5.68. The van der Waals surface area contributed by atoms with Crippen molar-refractivity contribution in [3.05, 3.63) is 68.7 Å². The Bertz CT molecular complexity index is 861. The van der Waals surface area contributed by atoms with E-state index in [9.17, 15) is 0 Å². The Morgan fingerprint density at radius 2 is 2.04 bits per heavy atom. The van der Waals surface area contributed by atoms with Gasteiger partial charge in [-0.3, -0.25) is 5.41 Å². The first-order valence-electron chi connectivity index (χ1n) is 7.74. The van der Waals surface area contributed by atoms with Crippen LogP contribution < -0.4 is 5.32 Å². The maximum Gasteiger partial charge on any atom is 0.162 e. The molecule has 3 rings (SSSR count). The highest BCUT2D eigenvalue weighted by atomic mass is 35.5. The summed E-state index contributed by atoms with van der Waals surface area (Å²) in [5.41, 5.74) is 1.06. The predicted molar refractivity (Wildman–Crippen MR) is 111 cm³/mol. The summed E-state index contributed by atoms with van der Waals surface area (Å²) in [6, 6.07) is 12.9. The Morgan fingerprint density at radius 3 is 2.69 bits per heavy atom. The monoisotopic (exact) mass is 427 g/mol. The summed E-state index contributed by atoms with van der Waals surface area (Å²) >= 11 is 20.3. The van der Waals surface area contributed by atoms with Crippen molar-refractivity contribution in [3.63, 3.8) is 0 Å². The largest absolute Gasteiger partial charge is 0.361 e. The average Bonchev–Trinajstić information content (AvgIpc) is 3.34. The van der Waals surface area contributed by atoms with Gasteiger partial charge < -0.3 is 10.1 Å². The lowest BCUT2D eigenvalue weighted by Gasteiger charge is -2.17. The number of ether oxygens (including phenoxy) is 1. The number of nitrogens with zero attached hydrogens (tertiary/aromatic N) is 1. The molecule has 26 heavy (non-hydrogen) atoms. The number of rotatable bonds is 5. The van der Waals surface area contributed by atoms with Crippen LogP contribution in [0.5, 0.6) is 0 Å². The standard InChI is InChI=1S/C18H16Cl3N3OS/c1-26-17(24-10-22)23-9-18(13-4-2-3-5-14(13)20)16(25-18)12-7-6-11(19)8-15(12)21/h2-8,10,16H,9H2,1H3,(H2,22,23,24)/t16-,18-/m1/s1. The fraction of sp³-hybridized carbons (Fsp3) is 0.222. The van der Waals surface area contributed by atoms with Gasteiger partial charge in [0.05, 0.1) is 6.54 Å². The first-order chi connectivity index (χ1) is 12.5. The molecule has 0 unspecified atom stereocenters. The smallest absolute Gasteiger partial charge is 0.162 e. The zero-order chi connectivity index (χ0) is 18.7. The number of halogens is 3. The molecule has 1 aliphatic heterocycles. The Morgan fingerprint density at radius 1 is 1.27 bits per heavy atom. The Balaban J connectivity index is 1.96. The topological polar surface area (TPSA) is 60.8 Å². The van der Waals surface area contributed by atoms with Crippen LogP contribution >= 0.6 is 46.6 Å². The summed E-state index contributed by atoms with van der Waals surface area (Å²) in [5.74, 6) is 0. The highest BCUT2D eigenvalue weighted by molar-refractivity contribution is 8.13. The minimum Gasteiger partial charge on any atom is -0.361 e. The zero-order valence-corrected chi connectivity index (χ0v) is 16.9. The van der Waals surface area contributed by atoms with Gasteiger partial charge >= 0.3 is 0 Å². The molecular weight excluding hydrogens is 413 g/mol. The number of benzene rings is 2. The van der Waals surface area contributed by atoms with Crippen molar-refractivity contribution < 1.29 is 4.74 Å². The van der Waals surface area contributed by atoms with Gasteiger partial charge in [-0.15, -0.1) is 0 Å². The van der Waals surface area contributed by atoms with E-state index in [0.717, 1.165) is 17.5 Å². The van der Waals surface area contributed by atoms with Crippen LogP contribution in [0.1, 0.15) is 17.2 Å². The van der Waals surface area contributed by atoms with Crippen LogP contribution in [-0.2, 0) is 10.3 Å². The van der Waals surface area contributed by atoms with Gasteiger partial charge in [0.15, 0.2) is 5.17 Å². The Hall–Kier alpha value is -1.24. The molecular formula is C18H16Cl3N3OS. The summed E-state index contributed by atoms with van der Waals surface area (Å²) in [5, 5.41) is 12.8. The fourth-order valence-corrected chi connectivity index (χ4v) is 4.06. The maximum absolute atomic E-state index is 7.16. The number of epoxide rings is 1. The fourth-order valence-electron chi connectivity index (χ4n) is 2.88. The van der Waals surface area contributed by atoms with E-state index in [1.54, 1.807) is 12.1 Å². The second-order valence-electron chi connectivity index (χ2n) is 5.65. The van der Waals surface area contributed by atoms with Crippen LogP contribution in [0.25, 0.3) is 0 Å². The summed E-state index contributed by atoms with van der Waals surface area (Å²) in [7, 11) is 0. The molecule has 2 N–H and O–H groups in total. The van der Waals surface area contributed by atoms with E-state index in [4.69, 9.17) is 44.9 Å². The van der Waals surface area contributed by atoms with Gasteiger partial charge in [-0.05, 0) is 24.5 Å². The lowest BCUT2D eigenvalue weighted by Crippen LogP contribution is -2.32. The first-order valence-corrected chi connectivity index (χ1v) is 10.1. The van der Waals surface area contributed by atoms with Gasteiger partial charge in [0.2, 0.25) is 0 Å². The third-order valence-electron chi connectivity index (χ3n) is 4.15. The van der Waals surface area contributed by atoms with Crippen molar-refractivity contribution >= 4 is 58.1 Å². The highest BCUT2D eigenvalue weighted by Gasteiger charge is 2.59. The van der Waals surface area contributed by atoms with E-state index < -0.39 is 5.60 Å². The van der Waals surface area contributed by atoms with Crippen molar-refractivity contribution in [1.82, 2.24) is 5.32 Å². The molecule has 2 aromatic carbocycles. The van der Waals surface area contributed by atoms with Crippen LogP contribution in [0.2, 0.25) is 15.1 Å². The molecule has 0 saturated carbocycles. The maximum atomic E-state index is 7.16. The number of hydrogen-bond acceptors (Lipinski definition) is 3. The van der Waals surface area contributed by atoms with Gasteiger partial charge in [-0.25, -0.2) is 4.99 Å². The summed E-state index contributed by atoms with van der Waals surface area (Å²) in [4.78, 5) is 3.99. The lowest BCUT2D eigenvalue weighted by molar-refractivity contribution is 0.296. The summed E-state index contributed by atoms with van der Waals surface area (Å²) in [6.45, 7) is 0.438. The minimum atomic E-state index is -0.672. The molecule has 0 aliphatic carbocycles. The van der Waals surface area contributed by atoms with Crippen molar-refractivity contribution in [2.24, 2.45) is 4.99 Å². The molecule has 136 valence electrons. The van der Waals surface area contributed by atoms with Crippen LogP contribution in [-0.4, -0.2) is 24.3 Å². The summed E-state index contributed by atoms with van der Waals surface area (Å²) < 4.78 is 6.16. The van der Waals surface area contributed by atoms with Gasteiger partial charge in [0, 0.05) is 26.2 Å². The molecule has 0 aromatic heterocycles. The van der Waals surface area contributed by atoms with Crippen molar-refractivity contribution in [1.29, 1.82) is 5.41 Å². The second kappa shape index (κ2) is 8.19. The number of nitrogens with one attached hydrogen (secondary N) is 2. The van der Waals surface area contributed by atoms with E-state index in [0.29, 0.717) is 26.8 Å². The average molecular weight is 429 g/mol. The van der Waals surface area contributed by atoms with Crippen molar-refractivity contribution in [2.75, 3.05) is 12.8 Å². The first kappa shape index (κ1) is 19.5. The number of hydrogen-bond donors (Lipinski definition) is 2. The molecule has 1 heterocycles. The zero-order valence-electron chi connectivity index (χ0n) is 13.8.